The second-order valence-electron chi connectivity index (χ2n) is 14.2. The molecule has 3 aliphatic carbocycles. The molecule has 1 heterocycles. The van der Waals surface area contributed by atoms with Gasteiger partial charge in [0.15, 0.2) is 0 Å². The van der Waals surface area contributed by atoms with Crippen LogP contribution < -0.4 is 16.0 Å². The van der Waals surface area contributed by atoms with Crippen molar-refractivity contribution in [2.75, 3.05) is 46.4 Å². The molecular formula is C35H61N5O5. The van der Waals surface area contributed by atoms with Gasteiger partial charge in [-0.3, -0.25) is 9.63 Å². The van der Waals surface area contributed by atoms with Crippen molar-refractivity contribution in [1.29, 1.82) is 0 Å². The minimum Gasteiger partial charge on any atom is -0.394 e. The van der Waals surface area contributed by atoms with Gasteiger partial charge in [-0.1, -0.05) is 56.8 Å². The third-order valence-electron chi connectivity index (χ3n) is 10.7. The number of amides is 3. The zero-order valence-electron chi connectivity index (χ0n) is 28.0. The van der Waals surface area contributed by atoms with E-state index >= 15 is 0 Å². The van der Waals surface area contributed by atoms with E-state index in [9.17, 15) is 19.8 Å². The highest BCUT2D eigenvalue weighted by Crippen LogP contribution is 2.35. The van der Waals surface area contributed by atoms with Crippen LogP contribution in [0, 0.1) is 35.5 Å². The van der Waals surface area contributed by atoms with Gasteiger partial charge in [-0.2, -0.15) is 5.06 Å². The summed E-state index contributed by atoms with van der Waals surface area (Å²) in [6.07, 6.45) is 16.2. The quantitative estimate of drug-likeness (QED) is 0.156. The lowest BCUT2D eigenvalue weighted by molar-refractivity contribution is -0.183. The van der Waals surface area contributed by atoms with Crippen molar-refractivity contribution in [2.45, 2.75) is 128 Å². The van der Waals surface area contributed by atoms with Gasteiger partial charge < -0.3 is 31.1 Å². The van der Waals surface area contributed by atoms with Crippen molar-refractivity contribution < 1.29 is 24.6 Å². The van der Waals surface area contributed by atoms with Crippen LogP contribution in [-0.2, 0) is 9.63 Å². The van der Waals surface area contributed by atoms with Crippen molar-refractivity contribution in [3.63, 3.8) is 0 Å². The average Bonchev–Trinajstić information content (AvgIpc) is 3.43. The first-order chi connectivity index (χ1) is 21.9. The summed E-state index contributed by atoms with van der Waals surface area (Å²) in [4.78, 5) is 34.3. The Morgan fingerprint density at radius 2 is 1.67 bits per heavy atom. The highest BCUT2D eigenvalue weighted by atomic mass is 16.7. The summed E-state index contributed by atoms with van der Waals surface area (Å²) in [5, 5.41) is 31.4. The molecule has 10 nitrogen and oxygen atoms in total. The number of nitrogens with one attached hydrogen (secondary N) is 3. The summed E-state index contributed by atoms with van der Waals surface area (Å²) >= 11 is 0. The Balaban J connectivity index is 1.23. The number of aliphatic hydroxyl groups is 2. The molecule has 0 bridgehead atoms. The van der Waals surface area contributed by atoms with Crippen LogP contribution in [0.2, 0.25) is 0 Å². The molecule has 10 heteroatoms. The molecule has 0 radical (unpaired) electrons. The van der Waals surface area contributed by atoms with Gasteiger partial charge in [0.2, 0.25) is 5.91 Å². The fraction of sp³-hybridized carbons (Fsp3) is 0.886. The molecule has 5 N–H and O–H groups in total. The Bertz CT molecular complexity index is 958. The van der Waals surface area contributed by atoms with Gasteiger partial charge in [-0.15, -0.1) is 0 Å². The molecule has 0 aromatic rings. The fourth-order valence-corrected chi connectivity index (χ4v) is 8.10. The minimum atomic E-state index is -0.794. The smallest absolute Gasteiger partial charge is 0.315 e. The molecular weight excluding hydrogens is 570 g/mol. The van der Waals surface area contributed by atoms with Crippen molar-refractivity contribution >= 4 is 11.9 Å². The van der Waals surface area contributed by atoms with Gasteiger partial charge >= 0.3 is 6.03 Å². The molecule has 1 saturated heterocycles. The molecule has 45 heavy (non-hydrogen) atoms. The fourth-order valence-electron chi connectivity index (χ4n) is 8.10. The summed E-state index contributed by atoms with van der Waals surface area (Å²) in [5.74, 6) is 7.00. The molecule has 4 aliphatic rings. The average molecular weight is 632 g/mol. The topological polar surface area (TPSA) is 126 Å². The number of aliphatic hydroxyl groups excluding tert-OH is 2. The number of urea groups is 1. The van der Waals surface area contributed by atoms with Crippen LogP contribution >= 0.6 is 0 Å². The molecule has 3 amide bonds. The Morgan fingerprint density at radius 1 is 0.956 bits per heavy atom. The van der Waals surface area contributed by atoms with E-state index in [0.29, 0.717) is 31.6 Å². The lowest BCUT2D eigenvalue weighted by Crippen LogP contribution is -2.50. The van der Waals surface area contributed by atoms with Crippen molar-refractivity contribution in [1.82, 2.24) is 25.9 Å². The van der Waals surface area contributed by atoms with Crippen LogP contribution in [0.5, 0.6) is 0 Å². The molecule has 0 aromatic carbocycles. The summed E-state index contributed by atoms with van der Waals surface area (Å²) < 4.78 is 0. The summed E-state index contributed by atoms with van der Waals surface area (Å²) in [7, 11) is 2.19. The number of hydrogen-bond donors (Lipinski definition) is 5. The molecule has 1 aliphatic heterocycles. The van der Waals surface area contributed by atoms with Crippen LogP contribution in [0.25, 0.3) is 0 Å². The van der Waals surface area contributed by atoms with Crippen LogP contribution in [-0.4, -0.2) is 103 Å². The third kappa shape index (κ3) is 11.4. The van der Waals surface area contributed by atoms with Gasteiger partial charge in [-0.05, 0) is 83.7 Å². The molecule has 4 fully saturated rings. The van der Waals surface area contributed by atoms with Gasteiger partial charge in [0, 0.05) is 37.5 Å². The Hall–Kier alpha value is -1.90. The molecule has 0 spiro atoms. The number of nitrogens with zero attached hydrogens (tertiary/aromatic N) is 2. The minimum absolute atomic E-state index is 0.142. The monoisotopic (exact) mass is 631 g/mol. The van der Waals surface area contributed by atoms with E-state index in [1.807, 2.05) is 0 Å². The van der Waals surface area contributed by atoms with E-state index in [1.54, 1.807) is 12.0 Å². The number of hydrogen-bond acceptors (Lipinski definition) is 7. The summed E-state index contributed by atoms with van der Waals surface area (Å²) in [5.41, 5.74) is 0. The predicted octanol–water partition coefficient (Wildman–Crippen LogP) is 3.42. The van der Waals surface area contributed by atoms with Gasteiger partial charge in [0.1, 0.15) is 12.1 Å². The Labute approximate surface area is 271 Å². The third-order valence-corrected chi connectivity index (χ3v) is 10.7. The lowest BCUT2D eigenvalue weighted by atomic mass is 9.81. The number of carbonyl (C=O) groups is 2. The second-order valence-corrected chi connectivity index (χ2v) is 14.2. The van der Waals surface area contributed by atoms with Crippen LogP contribution in [0.1, 0.15) is 103 Å². The number of hydroxylamine groups is 2. The maximum atomic E-state index is 13.5. The SMILES string of the molecule is C[C@@H](O)[C@H]1[C@@H](CO)ON(CC2CCCC(C#CCNC(=O)NCC3CCCCC3)C2)[C@H]1C(=O)NCCCN(C)C1CCCCC1. The van der Waals surface area contributed by atoms with E-state index in [4.69, 9.17) is 4.84 Å². The van der Waals surface area contributed by atoms with E-state index in [-0.39, 0.29) is 30.4 Å². The zero-order chi connectivity index (χ0) is 32.0. The number of carbonyl (C=O) groups excluding carboxylic acids is 2. The maximum absolute atomic E-state index is 13.5. The van der Waals surface area contributed by atoms with Crippen molar-refractivity contribution in [3.05, 3.63) is 0 Å². The first-order valence-corrected chi connectivity index (χ1v) is 18.1. The number of rotatable bonds is 13. The van der Waals surface area contributed by atoms with E-state index in [0.717, 1.165) is 45.2 Å². The maximum Gasteiger partial charge on any atom is 0.315 e. The van der Waals surface area contributed by atoms with Gasteiger partial charge in [0.05, 0.1) is 19.3 Å². The predicted molar refractivity (Wildman–Crippen MR) is 176 cm³/mol. The summed E-state index contributed by atoms with van der Waals surface area (Å²) in [6, 6.07) is -0.149. The second kappa shape index (κ2) is 19.0. The molecule has 3 saturated carbocycles. The standard InChI is InChI=1S/C35H61N5O5/c1-26(42)32-31(25-41)45-40(33(32)34(43)36-20-11-21-39(2)30-17-7-4-8-18-30)24-29-15-9-14-27(22-29)16-10-19-37-35(44)38-23-28-12-5-3-6-13-28/h26-33,41-42H,3-9,11-15,17-25H2,1-2H3,(H,36,43)(H2,37,38,44)/t26-,27?,29?,31-,32+,33-/m1/s1. The first kappa shape index (κ1) is 35.9. The molecule has 6 atom stereocenters. The highest BCUT2D eigenvalue weighted by Gasteiger charge is 2.49. The zero-order valence-corrected chi connectivity index (χ0v) is 28.0. The van der Waals surface area contributed by atoms with Gasteiger partial charge in [-0.25, -0.2) is 4.79 Å². The van der Waals surface area contributed by atoms with Crippen LogP contribution in [0.4, 0.5) is 4.79 Å². The normalized spacial score (nSPS) is 29.1. The van der Waals surface area contributed by atoms with E-state index in [2.05, 4.69) is 39.7 Å². The lowest BCUT2D eigenvalue weighted by Gasteiger charge is -2.32. The first-order valence-electron chi connectivity index (χ1n) is 18.1. The molecule has 4 rings (SSSR count). The molecule has 256 valence electrons. The highest BCUT2D eigenvalue weighted by molar-refractivity contribution is 5.82. The van der Waals surface area contributed by atoms with Crippen LogP contribution in [0.15, 0.2) is 0 Å². The molecule has 2 unspecified atom stereocenters. The van der Waals surface area contributed by atoms with Crippen molar-refractivity contribution in [3.8, 4) is 11.8 Å². The molecule has 0 aromatic heterocycles. The van der Waals surface area contributed by atoms with Crippen molar-refractivity contribution in [2.24, 2.45) is 23.7 Å². The van der Waals surface area contributed by atoms with E-state index < -0.39 is 24.2 Å². The summed E-state index contributed by atoms with van der Waals surface area (Å²) in [6.45, 7) is 4.58. The van der Waals surface area contributed by atoms with Crippen LogP contribution in [0.3, 0.4) is 0 Å². The Morgan fingerprint density at radius 3 is 2.38 bits per heavy atom. The van der Waals surface area contributed by atoms with E-state index in [1.165, 1.54) is 64.2 Å². The van der Waals surface area contributed by atoms with Gasteiger partial charge in [0.25, 0.3) is 0 Å². The largest absolute Gasteiger partial charge is 0.394 e. The Kier molecular flexibility index (Phi) is 15.2.